The molecule has 19 heavy (non-hydrogen) atoms. The number of carbonyl (C=O) groups is 1. The van der Waals surface area contributed by atoms with Crippen molar-refractivity contribution in [2.24, 2.45) is 0 Å². The molecule has 4 nitrogen and oxygen atoms in total. The molecule has 96 valence electrons. The Morgan fingerprint density at radius 2 is 2.16 bits per heavy atom. The summed E-state index contributed by atoms with van der Waals surface area (Å²) >= 11 is 1.69. The van der Waals surface area contributed by atoms with Crippen LogP contribution in [-0.4, -0.2) is 16.1 Å². The summed E-state index contributed by atoms with van der Waals surface area (Å²) in [6, 6.07) is 7.96. The van der Waals surface area contributed by atoms with Crippen LogP contribution in [0.3, 0.4) is 0 Å². The van der Waals surface area contributed by atoms with Gasteiger partial charge in [0, 0.05) is 16.1 Å². The summed E-state index contributed by atoms with van der Waals surface area (Å²) in [6.45, 7) is 3.66. The predicted octanol–water partition coefficient (Wildman–Crippen LogP) is 3.49. The van der Waals surface area contributed by atoms with Gasteiger partial charge in [0.1, 0.15) is 0 Å². The molecule has 0 saturated heterocycles. The number of thiophene rings is 1. The average molecular weight is 271 g/mol. The summed E-state index contributed by atoms with van der Waals surface area (Å²) in [4.78, 5) is 12.2. The Balaban J connectivity index is 1.90. The fourth-order valence-corrected chi connectivity index (χ4v) is 2.89. The molecule has 0 atom stereocenters. The zero-order valence-corrected chi connectivity index (χ0v) is 11.5. The van der Waals surface area contributed by atoms with Gasteiger partial charge in [-0.2, -0.15) is 5.10 Å². The molecule has 0 aliphatic heterocycles. The number of H-pyrrole nitrogens is 1. The Kier molecular flexibility index (Phi) is 2.83. The number of rotatable bonds is 2. The van der Waals surface area contributed by atoms with Gasteiger partial charge >= 0.3 is 0 Å². The lowest BCUT2D eigenvalue weighted by atomic mass is 10.1. The van der Waals surface area contributed by atoms with Crippen LogP contribution in [0.15, 0.2) is 29.6 Å². The van der Waals surface area contributed by atoms with E-state index in [1.165, 1.54) is 4.70 Å². The molecule has 0 radical (unpaired) electrons. The van der Waals surface area contributed by atoms with Gasteiger partial charge in [-0.05, 0) is 48.9 Å². The minimum absolute atomic E-state index is 0.127. The van der Waals surface area contributed by atoms with Crippen molar-refractivity contribution in [1.29, 1.82) is 0 Å². The van der Waals surface area contributed by atoms with E-state index in [-0.39, 0.29) is 5.91 Å². The van der Waals surface area contributed by atoms with Crippen molar-refractivity contribution >= 4 is 33.0 Å². The molecular weight excluding hydrogens is 258 g/mol. The van der Waals surface area contributed by atoms with Crippen molar-refractivity contribution in [3.63, 3.8) is 0 Å². The number of aromatic amines is 1. The lowest BCUT2D eigenvalue weighted by Crippen LogP contribution is -2.13. The van der Waals surface area contributed by atoms with E-state index in [9.17, 15) is 4.79 Å². The number of amides is 1. The number of benzene rings is 1. The van der Waals surface area contributed by atoms with Crippen LogP contribution >= 0.6 is 11.3 Å². The third-order valence-electron chi connectivity index (χ3n) is 3.07. The Bertz CT molecular complexity index is 737. The molecular formula is C14H13N3OS. The number of hydrogen-bond donors (Lipinski definition) is 2. The zero-order chi connectivity index (χ0) is 13.4. The first-order chi connectivity index (χ1) is 9.15. The molecule has 3 rings (SSSR count). The molecule has 2 N–H and O–H groups in total. The highest BCUT2D eigenvalue weighted by Gasteiger charge is 2.15. The van der Waals surface area contributed by atoms with Crippen LogP contribution in [0.2, 0.25) is 0 Å². The van der Waals surface area contributed by atoms with Crippen LogP contribution in [0.1, 0.15) is 21.7 Å². The average Bonchev–Trinajstić information content (AvgIpc) is 2.95. The SMILES string of the molecule is Cc1n[nH]c(C)c1C(=O)Nc1ccc2sccc2c1. The topological polar surface area (TPSA) is 57.8 Å². The lowest BCUT2D eigenvalue weighted by molar-refractivity contribution is 0.102. The van der Waals surface area contributed by atoms with Gasteiger partial charge < -0.3 is 5.32 Å². The minimum atomic E-state index is -0.127. The zero-order valence-electron chi connectivity index (χ0n) is 10.7. The van der Waals surface area contributed by atoms with Gasteiger partial charge in [0.15, 0.2) is 0 Å². The van der Waals surface area contributed by atoms with Crippen LogP contribution in [0.5, 0.6) is 0 Å². The number of nitrogens with zero attached hydrogens (tertiary/aromatic N) is 1. The fraction of sp³-hybridized carbons (Fsp3) is 0.143. The molecule has 0 fully saturated rings. The first-order valence-electron chi connectivity index (χ1n) is 5.95. The van der Waals surface area contributed by atoms with Gasteiger partial charge in [0.25, 0.3) is 5.91 Å². The summed E-state index contributed by atoms with van der Waals surface area (Å²) in [5.74, 6) is -0.127. The lowest BCUT2D eigenvalue weighted by Gasteiger charge is -2.05. The fourth-order valence-electron chi connectivity index (χ4n) is 2.12. The van der Waals surface area contributed by atoms with E-state index in [2.05, 4.69) is 15.5 Å². The molecule has 1 aromatic carbocycles. The summed E-state index contributed by atoms with van der Waals surface area (Å²) in [7, 11) is 0. The van der Waals surface area contributed by atoms with E-state index in [0.717, 1.165) is 16.8 Å². The summed E-state index contributed by atoms with van der Waals surface area (Å²) in [5, 5.41) is 13.0. The van der Waals surface area contributed by atoms with Gasteiger partial charge in [-0.3, -0.25) is 9.89 Å². The van der Waals surface area contributed by atoms with Gasteiger partial charge in [0.05, 0.1) is 11.3 Å². The van der Waals surface area contributed by atoms with Crippen molar-refractivity contribution < 1.29 is 4.79 Å². The third-order valence-corrected chi connectivity index (χ3v) is 3.96. The molecule has 3 aromatic rings. The van der Waals surface area contributed by atoms with E-state index in [4.69, 9.17) is 0 Å². The van der Waals surface area contributed by atoms with Gasteiger partial charge in [-0.25, -0.2) is 0 Å². The highest BCUT2D eigenvalue weighted by molar-refractivity contribution is 7.17. The first kappa shape index (κ1) is 11.9. The smallest absolute Gasteiger partial charge is 0.259 e. The maximum Gasteiger partial charge on any atom is 0.259 e. The molecule has 0 bridgehead atoms. The predicted molar refractivity (Wildman–Crippen MR) is 77.8 cm³/mol. The monoisotopic (exact) mass is 271 g/mol. The van der Waals surface area contributed by atoms with Crippen LogP contribution in [0.25, 0.3) is 10.1 Å². The number of anilines is 1. The van der Waals surface area contributed by atoms with Gasteiger partial charge in [-0.15, -0.1) is 11.3 Å². The number of aryl methyl sites for hydroxylation is 2. The van der Waals surface area contributed by atoms with Gasteiger partial charge in [0.2, 0.25) is 0 Å². The van der Waals surface area contributed by atoms with Crippen molar-refractivity contribution in [3.05, 3.63) is 46.6 Å². The molecule has 0 aliphatic carbocycles. The van der Waals surface area contributed by atoms with Crippen LogP contribution in [0.4, 0.5) is 5.69 Å². The summed E-state index contributed by atoms with van der Waals surface area (Å²) in [6.07, 6.45) is 0. The van der Waals surface area contributed by atoms with Crippen LogP contribution < -0.4 is 5.32 Å². The van der Waals surface area contributed by atoms with Crippen LogP contribution in [-0.2, 0) is 0 Å². The Hall–Kier alpha value is -2.14. The Morgan fingerprint density at radius 3 is 2.89 bits per heavy atom. The van der Waals surface area contributed by atoms with E-state index < -0.39 is 0 Å². The molecule has 0 aliphatic rings. The van der Waals surface area contributed by atoms with E-state index in [1.54, 1.807) is 11.3 Å². The number of aromatic nitrogens is 2. The van der Waals surface area contributed by atoms with Gasteiger partial charge in [-0.1, -0.05) is 0 Å². The minimum Gasteiger partial charge on any atom is -0.322 e. The molecule has 5 heteroatoms. The number of hydrogen-bond acceptors (Lipinski definition) is 3. The van der Waals surface area contributed by atoms with Crippen molar-refractivity contribution in [1.82, 2.24) is 10.2 Å². The molecule has 2 aromatic heterocycles. The molecule has 1 amide bonds. The maximum absolute atomic E-state index is 12.2. The normalized spacial score (nSPS) is 10.8. The van der Waals surface area contributed by atoms with E-state index in [1.807, 2.05) is 43.5 Å². The molecule has 2 heterocycles. The number of carbonyl (C=O) groups excluding carboxylic acids is 1. The van der Waals surface area contributed by atoms with E-state index >= 15 is 0 Å². The third kappa shape index (κ3) is 2.13. The highest BCUT2D eigenvalue weighted by atomic mass is 32.1. The molecule has 0 unspecified atom stereocenters. The number of nitrogens with one attached hydrogen (secondary N) is 2. The second-order valence-corrected chi connectivity index (χ2v) is 5.38. The standard InChI is InChI=1S/C14H13N3OS/c1-8-13(9(2)17-16-8)14(18)15-11-3-4-12-10(7-11)5-6-19-12/h3-7H,1-2H3,(H,15,18)(H,16,17). The van der Waals surface area contributed by atoms with Crippen molar-refractivity contribution in [3.8, 4) is 0 Å². The second kappa shape index (κ2) is 4.51. The Morgan fingerprint density at radius 1 is 1.32 bits per heavy atom. The largest absolute Gasteiger partial charge is 0.322 e. The maximum atomic E-state index is 12.2. The van der Waals surface area contributed by atoms with Crippen molar-refractivity contribution in [2.45, 2.75) is 13.8 Å². The van der Waals surface area contributed by atoms with Crippen LogP contribution in [0, 0.1) is 13.8 Å². The second-order valence-electron chi connectivity index (χ2n) is 4.44. The summed E-state index contributed by atoms with van der Waals surface area (Å²) < 4.78 is 1.22. The van der Waals surface area contributed by atoms with E-state index in [0.29, 0.717) is 11.3 Å². The number of fused-ring (bicyclic) bond motifs is 1. The Labute approximate surface area is 114 Å². The molecule has 0 spiro atoms. The quantitative estimate of drug-likeness (QED) is 0.749. The first-order valence-corrected chi connectivity index (χ1v) is 6.83. The van der Waals surface area contributed by atoms with Crippen molar-refractivity contribution in [2.75, 3.05) is 5.32 Å². The molecule has 0 saturated carbocycles. The summed E-state index contributed by atoms with van der Waals surface area (Å²) in [5.41, 5.74) is 2.92. The highest BCUT2D eigenvalue weighted by Crippen LogP contribution is 2.24.